The first-order valence-corrected chi connectivity index (χ1v) is 7.89. The molecule has 0 radical (unpaired) electrons. The summed E-state index contributed by atoms with van der Waals surface area (Å²) in [5, 5.41) is 6.26. The molecule has 2 unspecified atom stereocenters. The number of amides is 2. The molecule has 0 aromatic heterocycles. The highest BCUT2D eigenvalue weighted by atomic mass is 16.2. The standard InChI is InChI=1S/C15H27N3O2/c1-3-15(7-6-8-16-11-15)14(20)17-12(2)13(19)18-9-4-5-10-18/h12,16H,3-11H2,1-2H3,(H,17,20). The summed E-state index contributed by atoms with van der Waals surface area (Å²) in [6.07, 6.45) is 4.91. The van der Waals surface area contributed by atoms with Crippen molar-refractivity contribution in [1.82, 2.24) is 15.5 Å². The van der Waals surface area contributed by atoms with Gasteiger partial charge in [-0.2, -0.15) is 0 Å². The van der Waals surface area contributed by atoms with Gasteiger partial charge in [-0.1, -0.05) is 6.92 Å². The number of hydrogen-bond acceptors (Lipinski definition) is 3. The van der Waals surface area contributed by atoms with Crippen LogP contribution in [0.5, 0.6) is 0 Å². The van der Waals surface area contributed by atoms with Gasteiger partial charge >= 0.3 is 0 Å². The molecule has 5 heteroatoms. The third-order valence-electron chi connectivity index (χ3n) is 4.77. The van der Waals surface area contributed by atoms with Gasteiger partial charge < -0.3 is 15.5 Å². The van der Waals surface area contributed by atoms with Crippen LogP contribution in [-0.2, 0) is 9.59 Å². The van der Waals surface area contributed by atoms with E-state index < -0.39 is 6.04 Å². The second-order valence-corrected chi connectivity index (χ2v) is 6.14. The molecular weight excluding hydrogens is 254 g/mol. The fourth-order valence-electron chi connectivity index (χ4n) is 3.25. The van der Waals surface area contributed by atoms with Gasteiger partial charge in [0.2, 0.25) is 11.8 Å². The fraction of sp³-hybridized carbons (Fsp3) is 0.867. The summed E-state index contributed by atoms with van der Waals surface area (Å²) in [7, 11) is 0. The lowest BCUT2D eigenvalue weighted by molar-refractivity contribution is -0.139. The molecule has 0 aromatic carbocycles. The Bertz CT molecular complexity index is 358. The maximum absolute atomic E-state index is 12.6. The number of nitrogens with zero attached hydrogens (tertiary/aromatic N) is 1. The van der Waals surface area contributed by atoms with Gasteiger partial charge in [0.15, 0.2) is 0 Å². The van der Waals surface area contributed by atoms with Crippen LogP contribution in [0, 0.1) is 5.41 Å². The summed E-state index contributed by atoms with van der Waals surface area (Å²) in [6, 6.07) is -0.411. The van der Waals surface area contributed by atoms with Crippen molar-refractivity contribution in [2.24, 2.45) is 5.41 Å². The molecule has 5 nitrogen and oxygen atoms in total. The molecular formula is C15H27N3O2. The van der Waals surface area contributed by atoms with E-state index in [0.29, 0.717) is 0 Å². The van der Waals surface area contributed by atoms with Crippen molar-refractivity contribution >= 4 is 11.8 Å². The second kappa shape index (κ2) is 6.57. The molecule has 2 amide bonds. The summed E-state index contributed by atoms with van der Waals surface area (Å²) >= 11 is 0. The minimum absolute atomic E-state index is 0.0345. The Labute approximate surface area is 121 Å². The molecule has 2 aliphatic heterocycles. The molecule has 0 saturated carbocycles. The molecule has 2 atom stereocenters. The van der Waals surface area contributed by atoms with Crippen molar-refractivity contribution in [2.45, 2.75) is 52.0 Å². The summed E-state index contributed by atoms with van der Waals surface area (Å²) in [6.45, 7) is 7.23. The highest BCUT2D eigenvalue weighted by molar-refractivity contribution is 5.90. The van der Waals surface area contributed by atoms with Crippen molar-refractivity contribution in [3.8, 4) is 0 Å². The Morgan fingerprint density at radius 3 is 2.55 bits per heavy atom. The topological polar surface area (TPSA) is 61.4 Å². The molecule has 2 fully saturated rings. The minimum atomic E-state index is -0.411. The van der Waals surface area contributed by atoms with Crippen LogP contribution >= 0.6 is 0 Å². The molecule has 0 aliphatic carbocycles. The predicted molar refractivity (Wildman–Crippen MR) is 78.2 cm³/mol. The van der Waals surface area contributed by atoms with Gasteiger partial charge in [0.1, 0.15) is 6.04 Å². The van der Waals surface area contributed by atoms with E-state index in [0.717, 1.165) is 58.3 Å². The Morgan fingerprint density at radius 2 is 2.00 bits per heavy atom. The average Bonchev–Trinajstić information content (AvgIpc) is 3.01. The molecule has 2 rings (SSSR count). The Morgan fingerprint density at radius 1 is 1.30 bits per heavy atom. The van der Waals surface area contributed by atoms with Crippen LogP contribution < -0.4 is 10.6 Å². The lowest BCUT2D eigenvalue weighted by atomic mass is 9.77. The van der Waals surface area contributed by atoms with Crippen LogP contribution in [0.3, 0.4) is 0 Å². The molecule has 20 heavy (non-hydrogen) atoms. The number of likely N-dealkylation sites (tertiary alicyclic amines) is 1. The first-order chi connectivity index (χ1) is 9.59. The van der Waals surface area contributed by atoms with Crippen molar-refractivity contribution in [3.63, 3.8) is 0 Å². The van der Waals surface area contributed by atoms with Crippen molar-refractivity contribution in [2.75, 3.05) is 26.2 Å². The third kappa shape index (κ3) is 3.14. The number of carbonyl (C=O) groups excluding carboxylic acids is 2. The van der Waals surface area contributed by atoms with E-state index in [1.165, 1.54) is 0 Å². The van der Waals surface area contributed by atoms with E-state index in [2.05, 4.69) is 17.6 Å². The number of piperidine rings is 1. The van der Waals surface area contributed by atoms with E-state index in [1.807, 2.05) is 4.90 Å². The van der Waals surface area contributed by atoms with E-state index in [1.54, 1.807) is 6.92 Å². The van der Waals surface area contributed by atoms with Crippen LogP contribution in [0.25, 0.3) is 0 Å². The zero-order valence-electron chi connectivity index (χ0n) is 12.7. The van der Waals surface area contributed by atoms with E-state index >= 15 is 0 Å². The zero-order chi connectivity index (χ0) is 14.6. The van der Waals surface area contributed by atoms with E-state index in [9.17, 15) is 9.59 Å². The molecule has 0 aromatic rings. The van der Waals surface area contributed by atoms with Crippen LogP contribution in [-0.4, -0.2) is 48.9 Å². The lowest BCUT2D eigenvalue weighted by Crippen LogP contribution is -2.55. The number of hydrogen-bond donors (Lipinski definition) is 2. The molecule has 2 aliphatic rings. The van der Waals surface area contributed by atoms with Gasteiger partial charge in [-0.25, -0.2) is 0 Å². The summed E-state index contributed by atoms with van der Waals surface area (Å²) in [4.78, 5) is 26.7. The summed E-state index contributed by atoms with van der Waals surface area (Å²) in [5.74, 6) is 0.0955. The van der Waals surface area contributed by atoms with Crippen molar-refractivity contribution in [1.29, 1.82) is 0 Å². The smallest absolute Gasteiger partial charge is 0.244 e. The lowest BCUT2D eigenvalue weighted by Gasteiger charge is -2.36. The number of rotatable bonds is 4. The van der Waals surface area contributed by atoms with Gasteiger partial charge in [0.05, 0.1) is 5.41 Å². The summed E-state index contributed by atoms with van der Waals surface area (Å²) < 4.78 is 0. The van der Waals surface area contributed by atoms with Gasteiger partial charge in [-0.3, -0.25) is 9.59 Å². The molecule has 2 saturated heterocycles. The van der Waals surface area contributed by atoms with Gasteiger partial charge in [0, 0.05) is 19.6 Å². The second-order valence-electron chi connectivity index (χ2n) is 6.14. The zero-order valence-corrected chi connectivity index (χ0v) is 12.7. The molecule has 2 N–H and O–H groups in total. The number of carbonyl (C=O) groups is 2. The average molecular weight is 281 g/mol. The first-order valence-electron chi connectivity index (χ1n) is 7.89. The predicted octanol–water partition coefficient (Wildman–Crippen LogP) is 0.893. The monoisotopic (exact) mass is 281 g/mol. The quantitative estimate of drug-likeness (QED) is 0.804. The molecule has 114 valence electrons. The largest absolute Gasteiger partial charge is 0.344 e. The number of nitrogens with one attached hydrogen (secondary N) is 2. The fourth-order valence-corrected chi connectivity index (χ4v) is 3.25. The first kappa shape index (κ1) is 15.3. The normalized spacial score (nSPS) is 28.2. The van der Waals surface area contributed by atoms with Crippen LogP contribution in [0.2, 0.25) is 0 Å². The van der Waals surface area contributed by atoms with Gasteiger partial charge in [-0.15, -0.1) is 0 Å². The van der Waals surface area contributed by atoms with Crippen LogP contribution in [0.4, 0.5) is 0 Å². The van der Waals surface area contributed by atoms with E-state index in [4.69, 9.17) is 0 Å². The maximum atomic E-state index is 12.6. The van der Waals surface area contributed by atoms with E-state index in [-0.39, 0.29) is 17.2 Å². The van der Waals surface area contributed by atoms with Gasteiger partial charge in [-0.05, 0) is 45.6 Å². The Kier molecular flexibility index (Phi) is 5.02. The van der Waals surface area contributed by atoms with Crippen molar-refractivity contribution < 1.29 is 9.59 Å². The van der Waals surface area contributed by atoms with Gasteiger partial charge in [0.25, 0.3) is 0 Å². The molecule has 0 spiro atoms. The molecule has 0 bridgehead atoms. The highest BCUT2D eigenvalue weighted by Crippen LogP contribution is 2.30. The van der Waals surface area contributed by atoms with Crippen molar-refractivity contribution in [3.05, 3.63) is 0 Å². The molecule has 2 heterocycles. The SMILES string of the molecule is CCC1(C(=O)NC(C)C(=O)N2CCCC2)CCCNC1. The van der Waals surface area contributed by atoms with Crippen LogP contribution in [0.1, 0.15) is 46.0 Å². The third-order valence-corrected chi connectivity index (χ3v) is 4.77. The Hall–Kier alpha value is -1.10. The maximum Gasteiger partial charge on any atom is 0.244 e. The minimum Gasteiger partial charge on any atom is -0.344 e. The summed E-state index contributed by atoms with van der Waals surface area (Å²) in [5.41, 5.74) is -0.336. The highest BCUT2D eigenvalue weighted by Gasteiger charge is 2.39. The van der Waals surface area contributed by atoms with Crippen LogP contribution in [0.15, 0.2) is 0 Å². The Balaban J connectivity index is 1.93.